The third-order valence-corrected chi connectivity index (χ3v) is 5.39. The van der Waals surface area contributed by atoms with E-state index in [0.29, 0.717) is 17.9 Å². The molecule has 6 nitrogen and oxygen atoms in total. The van der Waals surface area contributed by atoms with E-state index in [1.807, 2.05) is 54.6 Å². The summed E-state index contributed by atoms with van der Waals surface area (Å²) in [6.07, 6.45) is 2.19. The van der Waals surface area contributed by atoms with Gasteiger partial charge in [-0.3, -0.25) is 9.59 Å². The fourth-order valence-electron chi connectivity index (χ4n) is 3.85. The second-order valence-electron chi connectivity index (χ2n) is 7.37. The molecule has 2 heterocycles. The number of rotatable bonds is 8. The van der Waals surface area contributed by atoms with Crippen molar-refractivity contribution < 1.29 is 23.8 Å². The summed E-state index contributed by atoms with van der Waals surface area (Å²) < 4.78 is 10.8. The van der Waals surface area contributed by atoms with Crippen LogP contribution in [-0.4, -0.2) is 28.8 Å². The Morgan fingerprint density at radius 3 is 2.55 bits per heavy atom. The number of aliphatic hydroxyl groups excluding tert-OH is 1. The van der Waals surface area contributed by atoms with Crippen LogP contribution in [0.25, 0.3) is 0 Å². The molecule has 0 saturated heterocycles. The number of aryl methyl sites for hydroxylation is 1. The Labute approximate surface area is 180 Å². The number of benzene rings is 2. The van der Waals surface area contributed by atoms with Gasteiger partial charge in [-0.1, -0.05) is 42.5 Å². The average Bonchev–Trinajstić information content (AvgIpc) is 3.41. The molecule has 1 aliphatic heterocycles. The number of hydrogen-bond acceptors (Lipinski definition) is 5. The molecule has 2 aromatic carbocycles. The highest BCUT2D eigenvalue weighted by atomic mass is 16.5. The summed E-state index contributed by atoms with van der Waals surface area (Å²) in [7, 11) is 1.57. The Hall–Kier alpha value is -3.80. The van der Waals surface area contributed by atoms with Crippen molar-refractivity contribution in [3.63, 3.8) is 0 Å². The van der Waals surface area contributed by atoms with Gasteiger partial charge in [0.05, 0.1) is 18.9 Å². The molecule has 1 amide bonds. The Kier molecular flexibility index (Phi) is 5.89. The molecule has 0 aliphatic carbocycles. The van der Waals surface area contributed by atoms with E-state index in [1.165, 1.54) is 11.2 Å². The van der Waals surface area contributed by atoms with Crippen LogP contribution in [0.3, 0.4) is 0 Å². The summed E-state index contributed by atoms with van der Waals surface area (Å²) in [6.45, 7) is 0.195. The van der Waals surface area contributed by atoms with Crippen molar-refractivity contribution >= 4 is 11.7 Å². The van der Waals surface area contributed by atoms with Crippen LogP contribution >= 0.6 is 0 Å². The summed E-state index contributed by atoms with van der Waals surface area (Å²) in [5.74, 6) is -0.280. The number of ketones is 1. The first kappa shape index (κ1) is 20.5. The zero-order valence-corrected chi connectivity index (χ0v) is 17.2. The summed E-state index contributed by atoms with van der Waals surface area (Å²) >= 11 is 0. The van der Waals surface area contributed by atoms with Gasteiger partial charge in [0, 0.05) is 13.0 Å². The van der Waals surface area contributed by atoms with E-state index in [1.54, 1.807) is 19.2 Å². The predicted octanol–water partition coefficient (Wildman–Crippen LogP) is 4.39. The number of nitrogens with zero attached hydrogens (tertiary/aromatic N) is 1. The number of Topliss-reactive ketones (excluding diaryl/α,β-unsaturated/α-hetero) is 1. The van der Waals surface area contributed by atoms with Crippen LogP contribution < -0.4 is 4.74 Å². The third-order valence-electron chi connectivity index (χ3n) is 5.39. The molecule has 1 aromatic heterocycles. The zero-order valence-electron chi connectivity index (χ0n) is 17.2. The number of methoxy groups -OCH3 is 1. The number of hydrogen-bond donors (Lipinski definition) is 1. The molecule has 1 atom stereocenters. The van der Waals surface area contributed by atoms with Crippen molar-refractivity contribution in [1.29, 1.82) is 0 Å². The molecule has 0 saturated carbocycles. The molecular formula is C25H23NO5. The van der Waals surface area contributed by atoms with Gasteiger partial charge in [-0.05, 0) is 41.8 Å². The van der Waals surface area contributed by atoms with Gasteiger partial charge >= 0.3 is 0 Å². The minimum absolute atomic E-state index is 0.0822. The van der Waals surface area contributed by atoms with Crippen molar-refractivity contribution in [3.8, 4) is 5.75 Å². The molecule has 1 unspecified atom stereocenters. The van der Waals surface area contributed by atoms with Crippen LogP contribution in [0, 0.1) is 0 Å². The van der Waals surface area contributed by atoms with Gasteiger partial charge in [0.2, 0.25) is 0 Å². The fraction of sp³-hybridized carbons (Fsp3) is 0.200. The maximum absolute atomic E-state index is 13.1. The van der Waals surface area contributed by atoms with Crippen LogP contribution in [0.5, 0.6) is 5.75 Å². The summed E-state index contributed by atoms with van der Waals surface area (Å²) in [5.41, 5.74) is 1.91. The molecule has 0 bridgehead atoms. The Morgan fingerprint density at radius 2 is 1.84 bits per heavy atom. The first-order valence-corrected chi connectivity index (χ1v) is 10.1. The molecule has 3 aromatic rings. The summed E-state index contributed by atoms with van der Waals surface area (Å²) in [4.78, 5) is 27.5. The maximum atomic E-state index is 13.1. The molecule has 0 radical (unpaired) electrons. The number of amides is 1. The SMILES string of the molecule is COc1cccc(CN2C(=O)C(O)=C(C(=O)CCc3ccccc3)C2c2ccco2)c1. The second-order valence-corrected chi connectivity index (χ2v) is 7.37. The Bertz CT molecular complexity index is 1100. The monoisotopic (exact) mass is 417 g/mol. The van der Waals surface area contributed by atoms with Crippen molar-refractivity contribution in [2.24, 2.45) is 0 Å². The third kappa shape index (κ3) is 4.23. The highest BCUT2D eigenvalue weighted by Crippen LogP contribution is 2.39. The van der Waals surface area contributed by atoms with E-state index < -0.39 is 17.7 Å². The molecule has 0 spiro atoms. The van der Waals surface area contributed by atoms with Gasteiger partial charge in [0.15, 0.2) is 11.5 Å². The van der Waals surface area contributed by atoms with E-state index in [-0.39, 0.29) is 24.3 Å². The lowest BCUT2D eigenvalue weighted by Gasteiger charge is -2.25. The minimum atomic E-state index is -0.781. The van der Waals surface area contributed by atoms with Gasteiger partial charge in [0.25, 0.3) is 5.91 Å². The van der Waals surface area contributed by atoms with Gasteiger partial charge < -0.3 is 19.2 Å². The molecule has 6 heteroatoms. The van der Waals surface area contributed by atoms with Gasteiger partial charge in [-0.15, -0.1) is 0 Å². The highest BCUT2D eigenvalue weighted by molar-refractivity contribution is 6.08. The standard InChI is InChI=1S/C25H23NO5/c1-30-19-10-5-9-18(15-19)16-26-23(21-11-6-14-31-21)22(24(28)25(26)29)20(27)13-12-17-7-3-2-4-8-17/h2-11,14-15,23,28H,12-13,16H2,1H3. The molecule has 1 aliphatic rings. The lowest BCUT2D eigenvalue weighted by molar-refractivity contribution is -0.130. The maximum Gasteiger partial charge on any atom is 0.290 e. The van der Waals surface area contributed by atoms with Gasteiger partial charge in [-0.25, -0.2) is 0 Å². The lowest BCUT2D eigenvalue weighted by atomic mass is 9.96. The smallest absolute Gasteiger partial charge is 0.290 e. The van der Waals surface area contributed by atoms with Crippen LogP contribution in [0.1, 0.15) is 29.3 Å². The van der Waals surface area contributed by atoms with E-state index in [9.17, 15) is 14.7 Å². The van der Waals surface area contributed by atoms with E-state index >= 15 is 0 Å². The number of ether oxygens (including phenoxy) is 1. The Morgan fingerprint density at radius 1 is 1.06 bits per heavy atom. The van der Waals surface area contributed by atoms with Crippen LogP contribution in [0.4, 0.5) is 0 Å². The largest absolute Gasteiger partial charge is 0.503 e. The molecular weight excluding hydrogens is 394 g/mol. The van der Waals surface area contributed by atoms with Crippen molar-refractivity contribution in [1.82, 2.24) is 4.90 Å². The zero-order chi connectivity index (χ0) is 21.8. The summed E-state index contributed by atoms with van der Waals surface area (Å²) in [6, 6.07) is 19.6. The topological polar surface area (TPSA) is 80.0 Å². The number of furan rings is 1. The fourth-order valence-corrected chi connectivity index (χ4v) is 3.85. The van der Waals surface area contributed by atoms with Crippen molar-refractivity contribution in [2.45, 2.75) is 25.4 Å². The molecule has 4 rings (SSSR count). The van der Waals surface area contributed by atoms with Crippen LogP contribution in [0.15, 0.2) is 88.7 Å². The van der Waals surface area contributed by atoms with Crippen LogP contribution in [-0.2, 0) is 22.6 Å². The van der Waals surface area contributed by atoms with Crippen LogP contribution in [0.2, 0.25) is 0 Å². The Balaban J connectivity index is 1.62. The molecule has 158 valence electrons. The highest BCUT2D eigenvalue weighted by Gasteiger charge is 2.44. The lowest BCUT2D eigenvalue weighted by Crippen LogP contribution is -2.30. The normalized spacial score (nSPS) is 16.1. The number of carbonyl (C=O) groups excluding carboxylic acids is 2. The van der Waals surface area contributed by atoms with E-state index in [4.69, 9.17) is 9.15 Å². The van der Waals surface area contributed by atoms with Crippen molar-refractivity contribution in [3.05, 3.63) is 101 Å². The van der Waals surface area contributed by atoms with Gasteiger partial charge in [0.1, 0.15) is 17.6 Å². The average molecular weight is 417 g/mol. The summed E-state index contributed by atoms with van der Waals surface area (Å²) in [5, 5.41) is 10.6. The minimum Gasteiger partial charge on any atom is -0.503 e. The molecule has 31 heavy (non-hydrogen) atoms. The quantitative estimate of drug-likeness (QED) is 0.588. The first-order chi connectivity index (χ1) is 15.1. The second kappa shape index (κ2) is 8.92. The van der Waals surface area contributed by atoms with Crippen molar-refractivity contribution in [2.75, 3.05) is 7.11 Å². The van der Waals surface area contributed by atoms with E-state index in [0.717, 1.165) is 11.1 Å². The number of carbonyl (C=O) groups is 2. The van der Waals surface area contributed by atoms with Gasteiger partial charge in [-0.2, -0.15) is 0 Å². The first-order valence-electron chi connectivity index (χ1n) is 10.1. The molecule has 0 fully saturated rings. The molecule has 1 N–H and O–H groups in total. The predicted molar refractivity (Wildman–Crippen MR) is 114 cm³/mol. The van der Waals surface area contributed by atoms with E-state index in [2.05, 4.69) is 0 Å². The number of aliphatic hydroxyl groups is 1.